The molecule has 1 aromatic rings. The molecule has 0 aliphatic heterocycles. The largest absolute Gasteiger partial charge is 0.261 e. The topological polar surface area (TPSA) is 12.9 Å². The molecule has 1 heterocycles. The summed E-state index contributed by atoms with van der Waals surface area (Å²) < 4.78 is 0. The summed E-state index contributed by atoms with van der Waals surface area (Å²) in [4.78, 5) is 4.47. The van der Waals surface area contributed by atoms with Crippen molar-refractivity contribution >= 4 is 0 Å². The van der Waals surface area contributed by atoms with Crippen LogP contribution < -0.4 is 0 Å². The number of aromatic nitrogens is 1. The molecule has 0 saturated heterocycles. The summed E-state index contributed by atoms with van der Waals surface area (Å²) in [5.41, 5.74) is 2.76. The first-order valence-electron chi connectivity index (χ1n) is 4.96. The van der Waals surface area contributed by atoms with Gasteiger partial charge >= 0.3 is 0 Å². The lowest BCUT2D eigenvalue weighted by Gasteiger charge is -2.22. The maximum atomic E-state index is 4.47. The van der Waals surface area contributed by atoms with Crippen molar-refractivity contribution in [3.63, 3.8) is 0 Å². The molecule has 2 rings (SSSR count). The summed E-state index contributed by atoms with van der Waals surface area (Å²) in [5, 5.41) is 0. The van der Waals surface area contributed by atoms with Gasteiger partial charge in [0.25, 0.3) is 0 Å². The Bertz CT molecular complexity index is 304. The molecule has 1 atom stereocenters. The molecule has 0 spiro atoms. The van der Waals surface area contributed by atoms with Gasteiger partial charge in [-0.25, -0.2) is 0 Å². The maximum Gasteiger partial charge on any atom is 0.0469 e. The molecule has 13 heavy (non-hydrogen) atoms. The number of fused-ring (bicyclic) bond motifs is 1. The number of nitrogens with zero attached hydrogens (tertiary/aromatic N) is 1. The van der Waals surface area contributed by atoms with Crippen molar-refractivity contribution < 1.29 is 0 Å². The fourth-order valence-electron chi connectivity index (χ4n) is 2.14. The Morgan fingerprint density at radius 3 is 3.38 bits per heavy atom. The molecule has 1 aliphatic carbocycles. The number of hydrogen-bond acceptors (Lipinski definition) is 1. The van der Waals surface area contributed by atoms with Crippen LogP contribution in [0.3, 0.4) is 0 Å². The first-order valence-corrected chi connectivity index (χ1v) is 4.96. The van der Waals surface area contributed by atoms with Gasteiger partial charge in [-0.1, -0.05) is 12.1 Å². The van der Waals surface area contributed by atoms with Crippen LogP contribution in [0.1, 0.15) is 36.4 Å². The molecule has 0 aromatic carbocycles. The second-order valence-electron chi connectivity index (χ2n) is 3.66. The van der Waals surface area contributed by atoms with Crippen LogP contribution in [0.4, 0.5) is 0 Å². The molecule has 68 valence electrons. The van der Waals surface area contributed by atoms with Gasteiger partial charge in [-0.05, 0) is 37.3 Å². The van der Waals surface area contributed by atoms with E-state index in [2.05, 4.69) is 17.6 Å². The average Bonchev–Trinajstić information content (AvgIpc) is 2.19. The van der Waals surface area contributed by atoms with E-state index < -0.39 is 0 Å². The van der Waals surface area contributed by atoms with Gasteiger partial charge in [-0.15, -0.1) is 6.58 Å². The molecule has 1 unspecified atom stereocenters. The van der Waals surface area contributed by atoms with E-state index in [0.29, 0.717) is 5.92 Å². The third-order valence-electron chi connectivity index (χ3n) is 2.76. The Morgan fingerprint density at radius 1 is 1.62 bits per heavy atom. The Balaban J connectivity index is 2.31. The lowest BCUT2D eigenvalue weighted by molar-refractivity contribution is 0.542. The van der Waals surface area contributed by atoms with Crippen molar-refractivity contribution in [1.82, 2.24) is 4.98 Å². The van der Waals surface area contributed by atoms with Crippen molar-refractivity contribution in [3.05, 3.63) is 42.2 Å². The van der Waals surface area contributed by atoms with Crippen LogP contribution in [-0.4, -0.2) is 4.98 Å². The zero-order valence-corrected chi connectivity index (χ0v) is 7.87. The molecule has 0 N–H and O–H groups in total. The van der Waals surface area contributed by atoms with Crippen LogP contribution in [0, 0.1) is 0 Å². The van der Waals surface area contributed by atoms with Crippen LogP contribution in [0.15, 0.2) is 31.0 Å². The number of aryl methyl sites for hydroxylation is 1. The molecule has 0 bridgehead atoms. The second kappa shape index (κ2) is 3.73. The summed E-state index contributed by atoms with van der Waals surface area (Å²) in [7, 11) is 0. The normalized spacial score (nSPS) is 20.8. The molecule has 1 nitrogen and oxygen atoms in total. The highest BCUT2D eigenvalue weighted by atomic mass is 14.7. The Morgan fingerprint density at radius 2 is 2.54 bits per heavy atom. The zero-order valence-electron chi connectivity index (χ0n) is 7.87. The lowest BCUT2D eigenvalue weighted by atomic mass is 9.85. The van der Waals surface area contributed by atoms with E-state index in [4.69, 9.17) is 0 Å². The van der Waals surface area contributed by atoms with Crippen molar-refractivity contribution in [3.8, 4) is 0 Å². The third-order valence-corrected chi connectivity index (χ3v) is 2.76. The smallest absolute Gasteiger partial charge is 0.0469 e. The van der Waals surface area contributed by atoms with E-state index in [1.54, 1.807) is 0 Å². The monoisotopic (exact) mass is 173 g/mol. The molecular formula is C12H15N. The fourth-order valence-corrected chi connectivity index (χ4v) is 2.14. The van der Waals surface area contributed by atoms with E-state index in [9.17, 15) is 0 Å². The van der Waals surface area contributed by atoms with Crippen molar-refractivity contribution in [2.75, 3.05) is 0 Å². The number of allylic oxidation sites excluding steroid dienone is 1. The highest BCUT2D eigenvalue weighted by Crippen LogP contribution is 2.32. The first-order chi connectivity index (χ1) is 6.42. The van der Waals surface area contributed by atoms with Gasteiger partial charge in [0, 0.05) is 17.8 Å². The molecule has 1 aliphatic rings. The summed E-state index contributed by atoms with van der Waals surface area (Å²) in [5.74, 6) is 0.627. The highest BCUT2D eigenvalue weighted by molar-refractivity contribution is 5.26. The number of pyridine rings is 1. The molecule has 0 saturated carbocycles. The van der Waals surface area contributed by atoms with E-state index in [1.807, 2.05) is 18.3 Å². The van der Waals surface area contributed by atoms with Crippen LogP contribution in [0.25, 0.3) is 0 Å². The average molecular weight is 173 g/mol. The molecular weight excluding hydrogens is 158 g/mol. The van der Waals surface area contributed by atoms with Crippen molar-refractivity contribution in [2.24, 2.45) is 0 Å². The lowest BCUT2D eigenvalue weighted by Crippen LogP contribution is -2.10. The molecule has 0 amide bonds. The van der Waals surface area contributed by atoms with E-state index in [-0.39, 0.29) is 0 Å². The highest BCUT2D eigenvalue weighted by Gasteiger charge is 2.19. The summed E-state index contributed by atoms with van der Waals surface area (Å²) in [6.45, 7) is 3.80. The predicted octanol–water partition coefficient (Wildman–Crippen LogP) is 3.08. The summed E-state index contributed by atoms with van der Waals surface area (Å²) >= 11 is 0. The molecule has 0 fully saturated rings. The van der Waals surface area contributed by atoms with Crippen LogP contribution in [0.5, 0.6) is 0 Å². The minimum Gasteiger partial charge on any atom is -0.261 e. The van der Waals surface area contributed by atoms with Gasteiger partial charge in [0.1, 0.15) is 0 Å². The Kier molecular flexibility index (Phi) is 2.44. The Hall–Kier alpha value is -1.11. The van der Waals surface area contributed by atoms with Gasteiger partial charge < -0.3 is 0 Å². The number of hydrogen-bond donors (Lipinski definition) is 0. The number of rotatable bonds is 2. The van der Waals surface area contributed by atoms with Gasteiger partial charge in [-0.2, -0.15) is 0 Å². The fraction of sp³-hybridized carbons (Fsp3) is 0.417. The van der Waals surface area contributed by atoms with Gasteiger partial charge in [0.15, 0.2) is 0 Å². The zero-order chi connectivity index (χ0) is 9.10. The summed E-state index contributed by atoms with van der Waals surface area (Å²) in [6.07, 6.45) is 8.77. The quantitative estimate of drug-likeness (QED) is 0.626. The Labute approximate surface area is 79.5 Å². The van der Waals surface area contributed by atoms with Crippen LogP contribution in [-0.2, 0) is 6.42 Å². The SMILES string of the molecule is C=CCC1CCCc2cccnc21. The standard InChI is InChI=1S/C12H15N/c1-2-5-10-6-3-7-11-8-4-9-13-12(10)11/h2,4,8-10H,1,3,5-7H2. The van der Waals surface area contributed by atoms with E-state index in [1.165, 1.54) is 30.5 Å². The maximum absolute atomic E-state index is 4.47. The van der Waals surface area contributed by atoms with E-state index >= 15 is 0 Å². The first kappa shape index (κ1) is 8.49. The van der Waals surface area contributed by atoms with Gasteiger partial charge in [0.2, 0.25) is 0 Å². The van der Waals surface area contributed by atoms with Crippen molar-refractivity contribution in [1.29, 1.82) is 0 Å². The van der Waals surface area contributed by atoms with Crippen LogP contribution in [0.2, 0.25) is 0 Å². The molecule has 0 radical (unpaired) electrons. The minimum atomic E-state index is 0.627. The van der Waals surface area contributed by atoms with Gasteiger partial charge in [0.05, 0.1) is 0 Å². The van der Waals surface area contributed by atoms with Crippen molar-refractivity contribution in [2.45, 2.75) is 31.6 Å². The second-order valence-corrected chi connectivity index (χ2v) is 3.66. The predicted molar refractivity (Wildman–Crippen MR) is 54.7 cm³/mol. The third kappa shape index (κ3) is 1.64. The summed E-state index contributed by atoms with van der Waals surface area (Å²) in [6, 6.07) is 4.24. The van der Waals surface area contributed by atoms with Gasteiger partial charge in [-0.3, -0.25) is 4.98 Å². The minimum absolute atomic E-state index is 0.627. The van der Waals surface area contributed by atoms with Crippen LogP contribution >= 0.6 is 0 Å². The molecule has 1 heteroatoms. The molecule has 1 aromatic heterocycles. The van der Waals surface area contributed by atoms with E-state index in [0.717, 1.165) is 6.42 Å².